The Bertz CT molecular complexity index is 501. The Labute approximate surface area is 79.4 Å². The number of rotatable bonds is 2. The number of hydrogen-bond donors (Lipinski definition) is 1. The van der Waals surface area contributed by atoms with Crippen LogP contribution in [0.25, 0.3) is 11.0 Å². The number of aliphatic hydroxyl groups is 1. The molecule has 0 bridgehead atoms. The maximum absolute atomic E-state index is 10.9. The van der Waals surface area contributed by atoms with Gasteiger partial charge in [0.05, 0.1) is 0 Å². The molecule has 72 valence electrons. The van der Waals surface area contributed by atoms with Gasteiger partial charge in [-0.1, -0.05) is 0 Å². The van der Waals surface area contributed by atoms with E-state index in [-0.39, 0.29) is 12.4 Å². The average Bonchev–Trinajstić information content (AvgIpc) is 2.19. The summed E-state index contributed by atoms with van der Waals surface area (Å²) >= 11 is 0. The van der Waals surface area contributed by atoms with Gasteiger partial charge in [-0.3, -0.25) is 0 Å². The smallest absolute Gasteiger partial charge is 0.336 e. The summed E-state index contributed by atoms with van der Waals surface area (Å²) in [5.74, 6) is 0.536. The van der Waals surface area contributed by atoms with Gasteiger partial charge in [-0.25, -0.2) is 4.79 Å². The molecule has 0 radical (unpaired) electrons. The third-order valence-corrected chi connectivity index (χ3v) is 1.82. The minimum Gasteiger partial charge on any atom is -0.468 e. The molecule has 1 aromatic carbocycles. The van der Waals surface area contributed by atoms with Crippen molar-refractivity contribution in [2.45, 2.75) is 0 Å². The zero-order valence-electron chi connectivity index (χ0n) is 7.27. The molecule has 2 rings (SSSR count). The maximum atomic E-state index is 10.9. The largest absolute Gasteiger partial charge is 0.468 e. The fourth-order valence-corrected chi connectivity index (χ4v) is 1.21. The predicted octanol–water partition coefficient (Wildman–Crippen LogP) is 1.12. The normalized spacial score (nSPS) is 10.4. The first-order valence-electron chi connectivity index (χ1n) is 4.07. The van der Waals surface area contributed by atoms with E-state index in [0.29, 0.717) is 11.3 Å². The molecule has 4 heteroatoms. The van der Waals surface area contributed by atoms with E-state index in [9.17, 15) is 4.79 Å². The van der Waals surface area contributed by atoms with Crippen LogP contribution in [-0.2, 0) is 0 Å². The topological polar surface area (TPSA) is 59.7 Å². The minimum atomic E-state index is -0.381. The van der Waals surface area contributed by atoms with Gasteiger partial charge in [0, 0.05) is 11.5 Å². The lowest BCUT2D eigenvalue weighted by Gasteiger charge is -2.02. The highest BCUT2D eigenvalue weighted by Crippen LogP contribution is 2.18. The van der Waals surface area contributed by atoms with Crippen LogP contribution in [0.2, 0.25) is 0 Å². The molecule has 14 heavy (non-hydrogen) atoms. The fourth-order valence-electron chi connectivity index (χ4n) is 1.21. The Morgan fingerprint density at radius 2 is 2.14 bits per heavy atom. The first-order chi connectivity index (χ1) is 6.79. The molecule has 0 amide bonds. The van der Waals surface area contributed by atoms with Crippen molar-refractivity contribution in [2.75, 3.05) is 6.79 Å². The molecule has 4 nitrogen and oxygen atoms in total. The molecule has 0 saturated carbocycles. The van der Waals surface area contributed by atoms with Gasteiger partial charge in [0.2, 0.25) is 0 Å². The summed E-state index contributed by atoms with van der Waals surface area (Å²) in [7, 11) is 0. The summed E-state index contributed by atoms with van der Waals surface area (Å²) in [4.78, 5) is 10.9. The van der Waals surface area contributed by atoms with Crippen LogP contribution in [0, 0.1) is 0 Å². The number of ether oxygens (including phenoxy) is 1. The van der Waals surface area contributed by atoms with Crippen LogP contribution in [0.15, 0.2) is 39.5 Å². The van der Waals surface area contributed by atoms with E-state index in [1.54, 1.807) is 24.3 Å². The van der Waals surface area contributed by atoms with Gasteiger partial charge >= 0.3 is 5.63 Å². The summed E-state index contributed by atoms with van der Waals surface area (Å²) in [6.07, 6.45) is 0. The third kappa shape index (κ3) is 1.60. The SMILES string of the molecule is O=c1ccc2cc(OCO)ccc2o1. The van der Waals surface area contributed by atoms with Crippen molar-refractivity contribution in [3.05, 3.63) is 40.8 Å². The Balaban J connectivity index is 2.56. The first-order valence-corrected chi connectivity index (χ1v) is 4.07. The number of fused-ring (bicyclic) bond motifs is 1. The lowest BCUT2D eigenvalue weighted by Crippen LogP contribution is -1.96. The summed E-state index contributed by atoms with van der Waals surface area (Å²) in [5.41, 5.74) is 0.121. The van der Waals surface area contributed by atoms with Crippen molar-refractivity contribution in [1.82, 2.24) is 0 Å². The van der Waals surface area contributed by atoms with Crippen LogP contribution in [0.4, 0.5) is 0 Å². The second kappa shape index (κ2) is 3.51. The van der Waals surface area contributed by atoms with E-state index in [1.165, 1.54) is 6.07 Å². The number of hydrogen-bond acceptors (Lipinski definition) is 4. The van der Waals surface area contributed by atoms with E-state index >= 15 is 0 Å². The predicted molar refractivity (Wildman–Crippen MR) is 50.2 cm³/mol. The van der Waals surface area contributed by atoms with Gasteiger partial charge in [-0.05, 0) is 24.3 Å². The van der Waals surface area contributed by atoms with Crippen LogP contribution in [-0.4, -0.2) is 11.9 Å². The molecular weight excluding hydrogens is 184 g/mol. The highest BCUT2D eigenvalue weighted by molar-refractivity contribution is 5.77. The molecule has 0 saturated heterocycles. The van der Waals surface area contributed by atoms with Gasteiger partial charge in [0.25, 0.3) is 0 Å². The molecule has 0 aliphatic rings. The Morgan fingerprint density at radius 3 is 2.93 bits per heavy atom. The van der Waals surface area contributed by atoms with Crippen molar-refractivity contribution >= 4 is 11.0 Å². The molecule has 0 fully saturated rings. The summed E-state index contributed by atoms with van der Waals surface area (Å²) in [5, 5.41) is 9.30. The van der Waals surface area contributed by atoms with E-state index in [0.717, 1.165) is 5.39 Å². The zero-order valence-corrected chi connectivity index (χ0v) is 7.27. The molecule has 1 N–H and O–H groups in total. The zero-order chi connectivity index (χ0) is 9.97. The lowest BCUT2D eigenvalue weighted by atomic mass is 10.2. The fraction of sp³-hybridized carbons (Fsp3) is 0.100. The second-order valence-corrected chi connectivity index (χ2v) is 2.73. The lowest BCUT2D eigenvalue weighted by molar-refractivity contribution is 0.0987. The number of aliphatic hydroxyl groups excluding tert-OH is 1. The van der Waals surface area contributed by atoms with Crippen molar-refractivity contribution < 1.29 is 14.3 Å². The van der Waals surface area contributed by atoms with Gasteiger partial charge < -0.3 is 14.3 Å². The van der Waals surface area contributed by atoms with E-state index in [1.807, 2.05) is 0 Å². The highest BCUT2D eigenvalue weighted by atomic mass is 16.6. The Kier molecular flexibility index (Phi) is 2.20. The van der Waals surface area contributed by atoms with Crippen molar-refractivity contribution in [3.8, 4) is 5.75 Å². The second-order valence-electron chi connectivity index (χ2n) is 2.73. The molecule has 0 aliphatic carbocycles. The maximum Gasteiger partial charge on any atom is 0.336 e. The number of benzene rings is 1. The third-order valence-electron chi connectivity index (χ3n) is 1.82. The molecular formula is C10H8O4. The van der Waals surface area contributed by atoms with Crippen LogP contribution < -0.4 is 10.4 Å². The van der Waals surface area contributed by atoms with E-state index in [4.69, 9.17) is 14.3 Å². The quantitative estimate of drug-likeness (QED) is 0.572. The van der Waals surface area contributed by atoms with Crippen molar-refractivity contribution in [3.63, 3.8) is 0 Å². The van der Waals surface area contributed by atoms with Gasteiger partial charge in [-0.15, -0.1) is 0 Å². The monoisotopic (exact) mass is 192 g/mol. The van der Waals surface area contributed by atoms with Gasteiger partial charge in [-0.2, -0.15) is 0 Å². The summed E-state index contributed by atoms with van der Waals surface area (Å²) in [6.45, 7) is -0.373. The molecule has 0 atom stereocenters. The van der Waals surface area contributed by atoms with Crippen LogP contribution in [0.3, 0.4) is 0 Å². The minimum absolute atomic E-state index is 0.373. The Morgan fingerprint density at radius 1 is 1.29 bits per heavy atom. The van der Waals surface area contributed by atoms with Crippen molar-refractivity contribution in [1.29, 1.82) is 0 Å². The van der Waals surface area contributed by atoms with Crippen LogP contribution >= 0.6 is 0 Å². The highest BCUT2D eigenvalue weighted by Gasteiger charge is 1.98. The molecule has 2 aromatic rings. The van der Waals surface area contributed by atoms with E-state index in [2.05, 4.69) is 0 Å². The standard InChI is InChI=1S/C10H8O4/c11-6-13-8-2-3-9-7(5-8)1-4-10(12)14-9/h1-5,11H,6H2. The molecule has 0 spiro atoms. The van der Waals surface area contributed by atoms with Gasteiger partial charge in [0.15, 0.2) is 6.79 Å². The van der Waals surface area contributed by atoms with Crippen molar-refractivity contribution in [2.24, 2.45) is 0 Å². The van der Waals surface area contributed by atoms with Gasteiger partial charge in [0.1, 0.15) is 11.3 Å². The Hall–Kier alpha value is -1.81. The molecule has 0 aliphatic heterocycles. The van der Waals surface area contributed by atoms with Crippen LogP contribution in [0.5, 0.6) is 5.75 Å². The van der Waals surface area contributed by atoms with Crippen LogP contribution in [0.1, 0.15) is 0 Å². The first kappa shape index (κ1) is 8.77. The van der Waals surface area contributed by atoms with E-state index < -0.39 is 0 Å². The summed E-state index contributed by atoms with van der Waals surface area (Å²) < 4.78 is 9.80. The molecule has 1 aromatic heterocycles. The molecule has 0 unspecified atom stereocenters. The molecule has 1 heterocycles. The average molecular weight is 192 g/mol. The summed E-state index contributed by atoms with van der Waals surface area (Å²) in [6, 6.07) is 7.92.